The third-order valence-corrected chi connectivity index (χ3v) is 3.07. The summed E-state index contributed by atoms with van der Waals surface area (Å²) in [5.74, 6) is 0. The summed E-state index contributed by atoms with van der Waals surface area (Å²) in [6, 6.07) is 2.92. The molecule has 2 aromatic rings. The molecule has 2 unspecified atom stereocenters. The number of H-pyrrole nitrogens is 1. The molecule has 0 radical (unpaired) electrons. The number of nitrogens with zero attached hydrogens (tertiary/aromatic N) is 2. The average molecular weight is 202 g/mol. The van der Waals surface area contributed by atoms with Gasteiger partial charge in [0.1, 0.15) is 5.52 Å². The number of nitrogens with one attached hydrogen (secondary N) is 2. The van der Waals surface area contributed by atoms with Crippen molar-refractivity contribution in [1.29, 1.82) is 0 Å². The van der Waals surface area contributed by atoms with Gasteiger partial charge in [0, 0.05) is 12.2 Å². The lowest BCUT2D eigenvalue weighted by molar-refractivity contribution is 0.577. The van der Waals surface area contributed by atoms with Gasteiger partial charge < -0.3 is 10.3 Å². The number of pyridine rings is 1. The van der Waals surface area contributed by atoms with Gasteiger partial charge in [-0.05, 0) is 25.8 Å². The predicted molar refractivity (Wildman–Crippen MR) is 58.5 cm³/mol. The fourth-order valence-electron chi connectivity index (χ4n) is 2.29. The lowest BCUT2D eigenvalue weighted by Crippen LogP contribution is -2.21. The molecule has 2 N–H and O–H groups in total. The Morgan fingerprint density at radius 1 is 1.33 bits per heavy atom. The van der Waals surface area contributed by atoms with E-state index in [1.165, 1.54) is 6.42 Å². The Labute approximate surface area is 88.1 Å². The van der Waals surface area contributed by atoms with Crippen LogP contribution in [0, 0.1) is 0 Å². The number of hydrogen-bond acceptors (Lipinski definition) is 3. The van der Waals surface area contributed by atoms with Crippen molar-refractivity contribution in [3.8, 4) is 0 Å². The van der Waals surface area contributed by atoms with Crippen molar-refractivity contribution < 1.29 is 0 Å². The summed E-state index contributed by atoms with van der Waals surface area (Å²) in [4.78, 5) is 11.9. The van der Waals surface area contributed by atoms with E-state index in [0.717, 1.165) is 23.1 Å². The van der Waals surface area contributed by atoms with Crippen LogP contribution in [0.2, 0.25) is 0 Å². The molecule has 2 aromatic heterocycles. The summed E-state index contributed by atoms with van der Waals surface area (Å²) < 4.78 is 0. The molecule has 0 spiro atoms. The van der Waals surface area contributed by atoms with Gasteiger partial charge >= 0.3 is 0 Å². The van der Waals surface area contributed by atoms with E-state index in [4.69, 9.17) is 0 Å². The SMILES string of the molecule is CC1CCC(c2nccc3[nH]cnc23)N1. The van der Waals surface area contributed by atoms with Gasteiger partial charge in [-0.3, -0.25) is 4.98 Å². The number of rotatable bonds is 1. The first-order valence-electron chi connectivity index (χ1n) is 5.38. The van der Waals surface area contributed by atoms with Crippen LogP contribution in [-0.2, 0) is 0 Å². The highest BCUT2D eigenvalue weighted by atomic mass is 15.0. The molecule has 2 atom stereocenters. The number of fused-ring (bicyclic) bond motifs is 1. The van der Waals surface area contributed by atoms with E-state index in [0.29, 0.717) is 12.1 Å². The van der Waals surface area contributed by atoms with Crippen LogP contribution >= 0.6 is 0 Å². The van der Waals surface area contributed by atoms with Gasteiger partial charge in [0.05, 0.1) is 23.6 Å². The summed E-state index contributed by atoms with van der Waals surface area (Å²) in [7, 11) is 0. The Bertz CT molecular complexity index is 476. The Morgan fingerprint density at radius 2 is 2.27 bits per heavy atom. The smallest absolute Gasteiger partial charge is 0.111 e. The van der Waals surface area contributed by atoms with Crippen LogP contribution in [-0.4, -0.2) is 21.0 Å². The topological polar surface area (TPSA) is 53.6 Å². The third-order valence-electron chi connectivity index (χ3n) is 3.07. The Morgan fingerprint density at radius 3 is 3.07 bits per heavy atom. The Hall–Kier alpha value is -1.42. The fraction of sp³-hybridized carbons (Fsp3) is 0.455. The molecule has 0 aliphatic carbocycles. The largest absolute Gasteiger partial charge is 0.344 e. The summed E-state index contributed by atoms with van der Waals surface area (Å²) >= 11 is 0. The van der Waals surface area contributed by atoms with Crippen LogP contribution < -0.4 is 5.32 Å². The maximum atomic E-state index is 4.45. The van der Waals surface area contributed by atoms with Gasteiger partial charge in [-0.25, -0.2) is 4.98 Å². The Balaban J connectivity index is 2.06. The van der Waals surface area contributed by atoms with E-state index in [9.17, 15) is 0 Å². The first kappa shape index (κ1) is 8.85. The van der Waals surface area contributed by atoms with Crippen molar-refractivity contribution in [3.05, 3.63) is 24.3 Å². The van der Waals surface area contributed by atoms with E-state index in [1.54, 1.807) is 6.33 Å². The van der Waals surface area contributed by atoms with Crippen molar-refractivity contribution in [2.75, 3.05) is 0 Å². The zero-order valence-electron chi connectivity index (χ0n) is 8.70. The molecular formula is C11H14N4. The van der Waals surface area contributed by atoms with Crippen LogP contribution in [0.5, 0.6) is 0 Å². The van der Waals surface area contributed by atoms with Crippen molar-refractivity contribution >= 4 is 11.0 Å². The van der Waals surface area contributed by atoms with Crippen molar-refractivity contribution in [3.63, 3.8) is 0 Å². The molecule has 3 rings (SSSR count). The molecule has 15 heavy (non-hydrogen) atoms. The summed E-state index contributed by atoms with van der Waals surface area (Å²) in [6.07, 6.45) is 5.95. The van der Waals surface area contributed by atoms with Gasteiger partial charge in [0.2, 0.25) is 0 Å². The second-order valence-corrected chi connectivity index (χ2v) is 4.19. The van der Waals surface area contributed by atoms with Gasteiger partial charge in [-0.2, -0.15) is 0 Å². The highest BCUT2D eigenvalue weighted by Gasteiger charge is 2.24. The number of aromatic nitrogens is 3. The molecular weight excluding hydrogens is 188 g/mol. The zero-order chi connectivity index (χ0) is 10.3. The molecule has 0 bridgehead atoms. The van der Waals surface area contributed by atoms with Crippen molar-refractivity contribution in [2.24, 2.45) is 0 Å². The summed E-state index contributed by atoms with van der Waals surface area (Å²) in [5, 5.41) is 3.54. The van der Waals surface area contributed by atoms with Gasteiger partial charge in [0.25, 0.3) is 0 Å². The molecule has 78 valence electrons. The minimum atomic E-state index is 0.368. The van der Waals surface area contributed by atoms with Gasteiger partial charge in [-0.1, -0.05) is 0 Å². The lowest BCUT2D eigenvalue weighted by atomic mass is 10.1. The van der Waals surface area contributed by atoms with E-state index in [2.05, 4.69) is 27.2 Å². The second kappa shape index (κ2) is 3.31. The highest BCUT2D eigenvalue weighted by Crippen LogP contribution is 2.28. The molecule has 3 heterocycles. The Kier molecular flexibility index (Phi) is 1.95. The lowest BCUT2D eigenvalue weighted by Gasteiger charge is -2.11. The van der Waals surface area contributed by atoms with Crippen molar-refractivity contribution in [2.45, 2.75) is 31.8 Å². The first-order valence-corrected chi connectivity index (χ1v) is 5.38. The van der Waals surface area contributed by atoms with E-state index in [1.807, 2.05) is 12.3 Å². The fourth-order valence-corrected chi connectivity index (χ4v) is 2.29. The van der Waals surface area contributed by atoms with Crippen LogP contribution in [0.4, 0.5) is 0 Å². The van der Waals surface area contributed by atoms with Gasteiger partial charge in [-0.15, -0.1) is 0 Å². The molecule has 1 aliphatic heterocycles. The van der Waals surface area contributed by atoms with E-state index >= 15 is 0 Å². The number of aromatic amines is 1. The van der Waals surface area contributed by atoms with E-state index < -0.39 is 0 Å². The molecule has 1 fully saturated rings. The van der Waals surface area contributed by atoms with Crippen LogP contribution in [0.25, 0.3) is 11.0 Å². The third kappa shape index (κ3) is 1.41. The molecule has 0 aromatic carbocycles. The molecule has 4 nitrogen and oxygen atoms in total. The first-order chi connectivity index (χ1) is 7.34. The van der Waals surface area contributed by atoms with Crippen LogP contribution in [0.3, 0.4) is 0 Å². The molecule has 1 aliphatic rings. The van der Waals surface area contributed by atoms with Crippen LogP contribution in [0.1, 0.15) is 31.5 Å². The maximum absolute atomic E-state index is 4.45. The van der Waals surface area contributed by atoms with Gasteiger partial charge in [0.15, 0.2) is 0 Å². The molecule has 4 heteroatoms. The predicted octanol–water partition coefficient (Wildman–Crippen LogP) is 1.77. The standard InChI is InChI=1S/C11H14N4/c1-7-2-3-9(15-7)11-10-8(4-5-12-11)13-6-14-10/h4-7,9,15H,2-3H2,1H3,(H,13,14). The summed E-state index contributed by atoms with van der Waals surface area (Å²) in [6.45, 7) is 2.21. The minimum Gasteiger partial charge on any atom is -0.344 e. The second-order valence-electron chi connectivity index (χ2n) is 4.19. The summed E-state index contributed by atoms with van der Waals surface area (Å²) in [5.41, 5.74) is 3.16. The maximum Gasteiger partial charge on any atom is 0.111 e. The molecule has 0 saturated carbocycles. The molecule has 1 saturated heterocycles. The van der Waals surface area contributed by atoms with Crippen molar-refractivity contribution in [1.82, 2.24) is 20.3 Å². The highest BCUT2D eigenvalue weighted by molar-refractivity contribution is 5.76. The normalized spacial score (nSPS) is 26.2. The average Bonchev–Trinajstić information content (AvgIpc) is 2.84. The zero-order valence-corrected chi connectivity index (χ0v) is 8.70. The number of imidazole rings is 1. The number of hydrogen-bond donors (Lipinski definition) is 2. The van der Waals surface area contributed by atoms with Crippen LogP contribution in [0.15, 0.2) is 18.6 Å². The quantitative estimate of drug-likeness (QED) is 0.741. The molecule has 0 amide bonds. The minimum absolute atomic E-state index is 0.368. The van der Waals surface area contributed by atoms with E-state index in [-0.39, 0.29) is 0 Å². The monoisotopic (exact) mass is 202 g/mol.